The topological polar surface area (TPSA) is 26.3 Å². The van der Waals surface area contributed by atoms with Crippen LogP contribution < -0.4 is 4.74 Å². The van der Waals surface area contributed by atoms with Gasteiger partial charge in [-0.3, -0.25) is 4.79 Å². The molecule has 1 aromatic rings. The molecule has 2 heteroatoms. The van der Waals surface area contributed by atoms with Gasteiger partial charge < -0.3 is 4.74 Å². The molecule has 1 heterocycles. The zero-order chi connectivity index (χ0) is 11.5. The summed E-state index contributed by atoms with van der Waals surface area (Å²) in [6, 6.07) is 5.80. The van der Waals surface area contributed by atoms with Crippen LogP contribution in [0.3, 0.4) is 0 Å². The molecule has 86 valence electrons. The minimum absolute atomic E-state index is 0.254. The molecule has 0 spiro atoms. The number of hydrogen-bond acceptors (Lipinski definition) is 2. The molecule has 0 saturated carbocycles. The number of rotatable bonds is 4. The van der Waals surface area contributed by atoms with Crippen LogP contribution in [0.5, 0.6) is 5.75 Å². The van der Waals surface area contributed by atoms with E-state index in [1.807, 2.05) is 18.2 Å². The standard InChI is InChI=1S/C14H18O2/c1-3-10(2)8-13(15)11-4-5-14-12(9-11)6-7-16-14/h4-5,9-10H,3,6-8H2,1-2H3. The van der Waals surface area contributed by atoms with Gasteiger partial charge >= 0.3 is 0 Å². The fourth-order valence-corrected chi connectivity index (χ4v) is 1.94. The van der Waals surface area contributed by atoms with Crippen LogP contribution in [0.2, 0.25) is 0 Å². The molecule has 0 radical (unpaired) electrons. The molecule has 2 nitrogen and oxygen atoms in total. The summed E-state index contributed by atoms with van der Waals surface area (Å²) >= 11 is 0. The van der Waals surface area contributed by atoms with Crippen molar-refractivity contribution in [3.8, 4) is 5.75 Å². The molecule has 16 heavy (non-hydrogen) atoms. The predicted molar refractivity (Wildman–Crippen MR) is 64.0 cm³/mol. The molecule has 1 unspecified atom stereocenters. The molecule has 1 aliphatic heterocycles. The Morgan fingerprint density at radius 2 is 2.31 bits per heavy atom. The van der Waals surface area contributed by atoms with Crippen LogP contribution in [0.25, 0.3) is 0 Å². The Balaban J connectivity index is 2.12. The molecule has 1 atom stereocenters. The number of hydrogen-bond donors (Lipinski definition) is 0. The molecule has 0 amide bonds. The van der Waals surface area contributed by atoms with Crippen molar-refractivity contribution in [1.82, 2.24) is 0 Å². The maximum Gasteiger partial charge on any atom is 0.163 e. The van der Waals surface area contributed by atoms with Crippen molar-refractivity contribution in [1.29, 1.82) is 0 Å². The first kappa shape index (κ1) is 11.2. The summed E-state index contributed by atoms with van der Waals surface area (Å²) in [7, 11) is 0. The number of ether oxygens (including phenoxy) is 1. The number of carbonyl (C=O) groups excluding carboxylic acids is 1. The van der Waals surface area contributed by atoms with Crippen LogP contribution in [-0.2, 0) is 6.42 Å². The van der Waals surface area contributed by atoms with Gasteiger partial charge in [0.05, 0.1) is 6.61 Å². The molecule has 0 N–H and O–H groups in total. The fourth-order valence-electron chi connectivity index (χ4n) is 1.94. The quantitative estimate of drug-likeness (QED) is 0.725. The lowest BCUT2D eigenvalue weighted by Crippen LogP contribution is -2.05. The highest BCUT2D eigenvalue weighted by Gasteiger charge is 2.15. The largest absolute Gasteiger partial charge is 0.493 e. The minimum Gasteiger partial charge on any atom is -0.493 e. The van der Waals surface area contributed by atoms with Crippen LogP contribution in [-0.4, -0.2) is 12.4 Å². The second-order valence-corrected chi connectivity index (χ2v) is 4.56. The smallest absolute Gasteiger partial charge is 0.163 e. The fraction of sp³-hybridized carbons (Fsp3) is 0.500. The Labute approximate surface area is 96.6 Å². The first-order valence-electron chi connectivity index (χ1n) is 5.99. The maximum atomic E-state index is 12.0. The summed E-state index contributed by atoms with van der Waals surface area (Å²) in [6.07, 6.45) is 2.63. The van der Waals surface area contributed by atoms with Crippen LogP contribution >= 0.6 is 0 Å². The lowest BCUT2D eigenvalue weighted by molar-refractivity contribution is 0.0963. The molecule has 0 aliphatic carbocycles. The number of fused-ring (bicyclic) bond motifs is 1. The van der Waals surface area contributed by atoms with Gasteiger partial charge in [-0.25, -0.2) is 0 Å². The Hall–Kier alpha value is -1.31. The summed E-state index contributed by atoms with van der Waals surface area (Å²) in [5.74, 6) is 1.67. The first-order chi connectivity index (χ1) is 7.70. The van der Waals surface area contributed by atoms with E-state index in [4.69, 9.17) is 4.74 Å². The number of benzene rings is 1. The second kappa shape index (κ2) is 4.69. The number of Topliss-reactive ketones (excluding diaryl/α,β-unsaturated/α-hetero) is 1. The Morgan fingerprint density at radius 1 is 1.50 bits per heavy atom. The summed E-state index contributed by atoms with van der Waals surface area (Å²) in [6.45, 7) is 4.99. The Kier molecular flexibility index (Phi) is 3.28. The van der Waals surface area contributed by atoms with Crippen molar-refractivity contribution < 1.29 is 9.53 Å². The summed E-state index contributed by atoms with van der Waals surface area (Å²) in [5.41, 5.74) is 2.01. The monoisotopic (exact) mass is 218 g/mol. The molecule has 0 fully saturated rings. The third kappa shape index (κ3) is 2.26. The van der Waals surface area contributed by atoms with E-state index in [9.17, 15) is 4.79 Å². The zero-order valence-corrected chi connectivity index (χ0v) is 9.95. The third-order valence-electron chi connectivity index (χ3n) is 3.24. The average molecular weight is 218 g/mol. The van der Waals surface area contributed by atoms with Crippen molar-refractivity contribution >= 4 is 5.78 Å². The summed E-state index contributed by atoms with van der Waals surface area (Å²) in [5, 5.41) is 0. The van der Waals surface area contributed by atoms with E-state index in [1.165, 1.54) is 5.56 Å². The SMILES string of the molecule is CCC(C)CC(=O)c1ccc2c(c1)CCO2. The van der Waals surface area contributed by atoms with Gasteiger partial charge in [0.1, 0.15) is 5.75 Å². The summed E-state index contributed by atoms with van der Waals surface area (Å²) in [4.78, 5) is 12.0. The van der Waals surface area contributed by atoms with Gasteiger partial charge in [-0.2, -0.15) is 0 Å². The second-order valence-electron chi connectivity index (χ2n) is 4.56. The summed E-state index contributed by atoms with van der Waals surface area (Å²) < 4.78 is 5.42. The highest BCUT2D eigenvalue weighted by molar-refractivity contribution is 5.96. The van der Waals surface area contributed by atoms with Crippen molar-refractivity contribution in [2.75, 3.05) is 6.61 Å². The molecule has 0 saturated heterocycles. The van der Waals surface area contributed by atoms with Gasteiger partial charge in [0.15, 0.2) is 5.78 Å². The first-order valence-corrected chi connectivity index (χ1v) is 5.99. The van der Waals surface area contributed by atoms with Gasteiger partial charge in [-0.1, -0.05) is 20.3 Å². The third-order valence-corrected chi connectivity index (χ3v) is 3.24. The number of ketones is 1. The van der Waals surface area contributed by atoms with Gasteiger partial charge in [-0.15, -0.1) is 0 Å². The highest BCUT2D eigenvalue weighted by atomic mass is 16.5. The highest BCUT2D eigenvalue weighted by Crippen LogP contribution is 2.26. The molecule has 2 rings (SSSR count). The lowest BCUT2D eigenvalue weighted by Gasteiger charge is -2.08. The molecule has 1 aromatic carbocycles. The Morgan fingerprint density at radius 3 is 3.06 bits per heavy atom. The molecule has 1 aliphatic rings. The molecule has 0 bridgehead atoms. The Bertz CT molecular complexity index is 396. The van der Waals surface area contributed by atoms with Crippen LogP contribution in [0.4, 0.5) is 0 Å². The van der Waals surface area contributed by atoms with Crippen molar-refractivity contribution in [3.05, 3.63) is 29.3 Å². The van der Waals surface area contributed by atoms with Gasteiger partial charge in [0.2, 0.25) is 0 Å². The van der Waals surface area contributed by atoms with Gasteiger partial charge in [-0.05, 0) is 29.7 Å². The number of carbonyl (C=O) groups is 1. The maximum absolute atomic E-state index is 12.0. The average Bonchev–Trinajstić information content (AvgIpc) is 2.75. The van der Waals surface area contributed by atoms with Crippen LogP contribution in [0, 0.1) is 5.92 Å². The van der Waals surface area contributed by atoms with E-state index >= 15 is 0 Å². The predicted octanol–water partition coefficient (Wildman–Crippen LogP) is 3.24. The molecule has 0 aromatic heterocycles. The van der Waals surface area contributed by atoms with E-state index < -0.39 is 0 Å². The lowest BCUT2D eigenvalue weighted by atomic mass is 9.96. The van der Waals surface area contributed by atoms with Crippen molar-refractivity contribution in [2.45, 2.75) is 33.1 Å². The van der Waals surface area contributed by atoms with E-state index in [-0.39, 0.29) is 5.78 Å². The minimum atomic E-state index is 0.254. The van der Waals surface area contributed by atoms with Gasteiger partial charge in [0.25, 0.3) is 0 Å². The van der Waals surface area contributed by atoms with Gasteiger partial charge in [0, 0.05) is 18.4 Å². The van der Waals surface area contributed by atoms with E-state index in [0.717, 1.165) is 30.8 Å². The van der Waals surface area contributed by atoms with Crippen molar-refractivity contribution in [3.63, 3.8) is 0 Å². The molecular formula is C14H18O2. The van der Waals surface area contributed by atoms with Crippen LogP contribution in [0.15, 0.2) is 18.2 Å². The normalized spacial score (nSPS) is 15.4. The zero-order valence-electron chi connectivity index (χ0n) is 9.95. The van der Waals surface area contributed by atoms with Crippen molar-refractivity contribution in [2.24, 2.45) is 5.92 Å². The van der Waals surface area contributed by atoms with E-state index in [2.05, 4.69) is 13.8 Å². The van der Waals surface area contributed by atoms with E-state index in [1.54, 1.807) is 0 Å². The molecular weight excluding hydrogens is 200 g/mol. The van der Waals surface area contributed by atoms with Crippen LogP contribution in [0.1, 0.15) is 42.6 Å². The van der Waals surface area contributed by atoms with E-state index in [0.29, 0.717) is 12.3 Å².